The van der Waals surface area contributed by atoms with Crippen LogP contribution in [0.4, 0.5) is 0 Å². The van der Waals surface area contributed by atoms with Gasteiger partial charge in [0, 0.05) is 6.08 Å². The number of hydrogen-bond acceptors (Lipinski definition) is 2. The van der Waals surface area contributed by atoms with Crippen molar-refractivity contribution >= 4 is 5.97 Å². The van der Waals surface area contributed by atoms with Crippen LogP contribution in [0.1, 0.15) is 60.3 Å². The predicted molar refractivity (Wildman–Crippen MR) is 111 cm³/mol. The molecule has 0 bridgehead atoms. The molecule has 0 aromatic carbocycles. The number of carboxylic acid groups (broad SMARTS) is 1. The second kappa shape index (κ2) is 9.73. The zero-order chi connectivity index (χ0) is 20.1. The van der Waals surface area contributed by atoms with E-state index in [-0.39, 0.29) is 6.10 Å². The van der Waals surface area contributed by atoms with Crippen LogP contribution in [-0.4, -0.2) is 22.3 Å². The smallest absolute Gasteiger partial charge is 0.328 e. The molecule has 2 aliphatic carbocycles. The summed E-state index contributed by atoms with van der Waals surface area (Å²) in [5, 5.41) is 19.5. The molecule has 0 saturated heterocycles. The van der Waals surface area contributed by atoms with Crippen molar-refractivity contribution in [2.75, 3.05) is 0 Å². The normalized spacial score (nSPS) is 38.9. The van der Waals surface area contributed by atoms with E-state index in [9.17, 15) is 9.90 Å². The first kappa shape index (κ1) is 21.9. The third-order valence-electron chi connectivity index (χ3n) is 7.08. The summed E-state index contributed by atoms with van der Waals surface area (Å²) in [6, 6.07) is 0. The van der Waals surface area contributed by atoms with Crippen LogP contribution in [0.3, 0.4) is 0 Å². The maximum atomic E-state index is 10.8. The predicted octanol–water partition coefficient (Wildman–Crippen LogP) is 5.47. The van der Waals surface area contributed by atoms with E-state index in [4.69, 9.17) is 5.11 Å². The van der Waals surface area contributed by atoms with E-state index in [1.54, 1.807) is 6.08 Å². The molecule has 8 atom stereocenters. The van der Waals surface area contributed by atoms with Crippen LogP contribution in [0.5, 0.6) is 0 Å². The Morgan fingerprint density at radius 3 is 2.52 bits per heavy atom. The van der Waals surface area contributed by atoms with E-state index in [1.807, 2.05) is 6.08 Å². The highest BCUT2D eigenvalue weighted by atomic mass is 16.4. The Labute approximate surface area is 165 Å². The lowest BCUT2D eigenvalue weighted by Crippen LogP contribution is -2.48. The maximum absolute atomic E-state index is 10.8. The minimum atomic E-state index is -0.916. The summed E-state index contributed by atoms with van der Waals surface area (Å²) in [5.41, 5.74) is 1.46. The van der Waals surface area contributed by atoms with Crippen molar-refractivity contribution in [2.45, 2.75) is 66.4 Å². The Morgan fingerprint density at radius 1 is 1.19 bits per heavy atom. The zero-order valence-electron chi connectivity index (χ0n) is 17.6. The molecule has 2 aliphatic rings. The summed E-state index contributed by atoms with van der Waals surface area (Å²) in [6.45, 7) is 11.4. The van der Waals surface area contributed by atoms with Gasteiger partial charge in [0.25, 0.3) is 0 Å². The van der Waals surface area contributed by atoms with Crippen molar-refractivity contribution in [1.82, 2.24) is 0 Å². The van der Waals surface area contributed by atoms with Crippen molar-refractivity contribution < 1.29 is 15.0 Å². The molecule has 27 heavy (non-hydrogen) atoms. The average molecular weight is 375 g/mol. The summed E-state index contributed by atoms with van der Waals surface area (Å²) in [7, 11) is 0. The highest BCUT2D eigenvalue weighted by Crippen LogP contribution is 2.53. The SMILES string of the molecule is CCC(C)/C=C(/C)[C@H]1[C@@H](/C=C/C=C/C(=O)O)[C@H]2[C@@H](C[C@H]1C)[C@@H](O)CC[C@@H]2C. The number of carbonyl (C=O) groups is 1. The van der Waals surface area contributed by atoms with Gasteiger partial charge in [0.2, 0.25) is 0 Å². The van der Waals surface area contributed by atoms with Crippen LogP contribution in [0.25, 0.3) is 0 Å². The number of allylic oxidation sites excluding steroid dienone is 5. The molecule has 0 aromatic heterocycles. The van der Waals surface area contributed by atoms with Gasteiger partial charge in [-0.25, -0.2) is 4.79 Å². The summed E-state index contributed by atoms with van der Waals surface area (Å²) in [6.07, 6.45) is 13.4. The number of aliphatic hydroxyl groups is 1. The fourth-order valence-electron chi connectivity index (χ4n) is 5.70. The number of hydrogen-bond donors (Lipinski definition) is 2. The monoisotopic (exact) mass is 374 g/mol. The van der Waals surface area contributed by atoms with Crippen LogP contribution >= 0.6 is 0 Å². The molecule has 0 aliphatic heterocycles. The van der Waals surface area contributed by atoms with Gasteiger partial charge in [-0.15, -0.1) is 0 Å². The van der Waals surface area contributed by atoms with E-state index in [1.165, 1.54) is 11.6 Å². The number of carboxylic acids is 1. The van der Waals surface area contributed by atoms with Crippen LogP contribution in [-0.2, 0) is 4.79 Å². The molecule has 2 saturated carbocycles. The molecule has 3 heteroatoms. The summed E-state index contributed by atoms with van der Waals surface area (Å²) in [4.78, 5) is 10.8. The van der Waals surface area contributed by atoms with Gasteiger partial charge in [-0.05, 0) is 67.6 Å². The van der Waals surface area contributed by atoms with Gasteiger partial charge in [-0.3, -0.25) is 0 Å². The van der Waals surface area contributed by atoms with E-state index >= 15 is 0 Å². The second-order valence-electron chi connectivity index (χ2n) is 9.06. The first-order valence-electron chi connectivity index (χ1n) is 10.7. The molecule has 0 heterocycles. The Bertz CT molecular complexity index is 588. The van der Waals surface area contributed by atoms with Crippen molar-refractivity contribution in [3.63, 3.8) is 0 Å². The van der Waals surface area contributed by atoms with Crippen LogP contribution in [0, 0.1) is 41.4 Å². The van der Waals surface area contributed by atoms with Crippen molar-refractivity contribution in [3.8, 4) is 0 Å². The average Bonchev–Trinajstić information content (AvgIpc) is 2.60. The Balaban J connectivity index is 2.39. The highest BCUT2D eigenvalue weighted by molar-refractivity contribution is 5.80. The number of fused-ring (bicyclic) bond motifs is 1. The topological polar surface area (TPSA) is 57.5 Å². The van der Waals surface area contributed by atoms with Crippen LogP contribution in [0.15, 0.2) is 36.0 Å². The summed E-state index contributed by atoms with van der Waals surface area (Å²) < 4.78 is 0. The third kappa shape index (κ3) is 5.34. The van der Waals surface area contributed by atoms with E-state index in [2.05, 4.69) is 46.8 Å². The Morgan fingerprint density at radius 2 is 1.89 bits per heavy atom. The molecule has 1 unspecified atom stereocenters. The third-order valence-corrected chi connectivity index (χ3v) is 7.08. The summed E-state index contributed by atoms with van der Waals surface area (Å²) in [5.74, 6) is 2.39. The number of aliphatic hydroxyl groups excluding tert-OH is 1. The van der Waals surface area contributed by atoms with E-state index in [0.717, 1.165) is 25.7 Å². The highest BCUT2D eigenvalue weighted by Gasteiger charge is 2.48. The number of rotatable bonds is 6. The van der Waals surface area contributed by atoms with Gasteiger partial charge < -0.3 is 10.2 Å². The quantitative estimate of drug-likeness (QED) is 0.368. The van der Waals surface area contributed by atoms with Gasteiger partial charge in [-0.2, -0.15) is 0 Å². The maximum Gasteiger partial charge on any atom is 0.328 e. The van der Waals surface area contributed by atoms with Crippen LogP contribution in [0.2, 0.25) is 0 Å². The molecule has 0 aromatic rings. The Kier molecular flexibility index (Phi) is 7.91. The lowest BCUT2D eigenvalue weighted by Gasteiger charge is -2.52. The van der Waals surface area contributed by atoms with Gasteiger partial charge in [-0.1, -0.05) is 64.0 Å². The van der Waals surface area contributed by atoms with Gasteiger partial charge >= 0.3 is 5.97 Å². The molecule has 0 spiro atoms. The van der Waals surface area contributed by atoms with Crippen molar-refractivity contribution in [2.24, 2.45) is 41.4 Å². The van der Waals surface area contributed by atoms with Crippen LogP contribution < -0.4 is 0 Å². The molecular formula is C24H38O3. The van der Waals surface area contributed by atoms with E-state index in [0.29, 0.717) is 41.4 Å². The molecule has 2 rings (SSSR count). The second-order valence-corrected chi connectivity index (χ2v) is 9.06. The minimum Gasteiger partial charge on any atom is -0.478 e. The summed E-state index contributed by atoms with van der Waals surface area (Å²) >= 11 is 0. The van der Waals surface area contributed by atoms with Gasteiger partial charge in [0.05, 0.1) is 6.10 Å². The molecule has 152 valence electrons. The first-order chi connectivity index (χ1) is 12.8. The zero-order valence-corrected chi connectivity index (χ0v) is 17.6. The number of aliphatic carboxylic acids is 1. The molecule has 0 radical (unpaired) electrons. The van der Waals surface area contributed by atoms with Crippen molar-refractivity contribution in [3.05, 3.63) is 36.0 Å². The molecule has 3 nitrogen and oxygen atoms in total. The Hall–Kier alpha value is -1.35. The molecular weight excluding hydrogens is 336 g/mol. The van der Waals surface area contributed by atoms with Crippen molar-refractivity contribution in [1.29, 1.82) is 0 Å². The largest absolute Gasteiger partial charge is 0.478 e. The lowest BCUT2D eigenvalue weighted by molar-refractivity contribution is -0.131. The van der Waals surface area contributed by atoms with E-state index < -0.39 is 5.97 Å². The van der Waals surface area contributed by atoms with Gasteiger partial charge in [0.15, 0.2) is 0 Å². The first-order valence-corrected chi connectivity index (χ1v) is 10.7. The minimum absolute atomic E-state index is 0.195. The fraction of sp³-hybridized carbons (Fsp3) is 0.708. The molecule has 2 N–H and O–H groups in total. The standard InChI is InChI=1S/C24H38O3/c1-6-15(2)13-17(4)23-18(5)14-20-21(25)12-11-16(3)24(20)19(23)9-7-8-10-22(26)27/h7-10,13,15-16,18-21,23-25H,6,11-12,14H2,1-5H3,(H,26,27)/b9-7+,10-8+,17-13-/t15?,16-,18+,19+,20-,21-,23+,24-/m0/s1. The lowest BCUT2D eigenvalue weighted by atomic mass is 9.53. The van der Waals surface area contributed by atoms with Gasteiger partial charge in [0.1, 0.15) is 0 Å². The molecule has 2 fully saturated rings. The fourth-order valence-corrected chi connectivity index (χ4v) is 5.70. The molecule has 0 amide bonds.